The Morgan fingerprint density at radius 1 is 1.67 bits per heavy atom. The van der Waals surface area contributed by atoms with Gasteiger partial charge in [0.25, 0.3) is 0 Å². The van der Waals surface area contributed by atoms with Gasteiger partial charge < -0.3 is 10.1 Å². The van der Waals surface area contributed by atoms with Gasteiger partial charge in [0.2, 0.25) is 0 Å². The van der Waals surface area contributed by atoms with E-state index in [0.29, 0.717) is 5.92 Å². The van der Waals surface area contributed by atoms with Crippen LogP contribution in [0.3, 0.4) is 0 Å². The van der Waals surface area contributed by atoms with Crippen molar-refractivity contribution in [1.29, 1.82) is 0 Å². The zero-order valence-electron chi connectivity index (χ0n) is 9.11. The summed E-state index contributed by atoms with van der Waals surface area (Å²) < 4.78 is 5.77. The Bertz CT molecular complexity index is 276. The molecule has 2 rings (SSSR count). The SMILES string of the molecule is CCCNCC1CCOC1c1cncs1. The Hall–Kier alpha value is -0.450. The predicted octanol–water partition coefficient (Wildman–Crippen LogP) is 2.22. The van der Waals surface area contributed by atoms with Crippen molar-refractivity contribution < 1.29 is 4.74 Å². The lowest BCUT2D eigenvalue weighted by molar-refractivity contribution is 0.0932. The lowest BCUT2D eigenvalue weighted by atomic mass is 10.0. The molecule has 2 heterocycles. The number of thiazole rings is 1. The summed E-state index contributed by atoms with van der Waals surface area (Å²) in [5, 5.41) is 3.47. The fourth-order valence-corrected chi connectivity index (χ4v) is 2.75. The maximum Gasteiger partial charge on any atom is 0.0973 e. The van der Waals surface area contributed by atoms with Crippen LogP contribution in [0.15, 0.2) is 11.7 Å². The average Bonchev–Trinajstić information content (AvgIpc) is 2.87. The molecule has 0 bridgehead atoms. The van der Waals surface area contributed by atoms with Gasteiger partial charge >= 0.3 is 0 Å². The molecule has 1 saturated heterocycles. The van der Waals surface area contributed by atoms with Crippen molar-refractivity contribution in [2.45, 2.75) is 25.9 Å². The van der Waals surface area contributed by atoms with Crippen LogP contribution in [0.4, 0.5) is 0 Å². The third kappa shape index (κ3) is 2.77. The topological polar surface area (TPSA) is 34.1 Å². The first-order valence-electron chi connectivity index (χ1n) is 5.62. The summed E-state index contributed by atoms with van der Waals surface area (Å²) in [7, 11) is 0. The Morgan fingerprint density at radius 2 is 2.60 bits per heavy atom. The number of hydrogen-bond acceptors (Lipinski definition) is 4. The van der Waals surface area contributed by atoms with Crippen LogP contribution in [0.1, 0.15) is 30.7 Å². The number of aromatic nitrogens is 1. The van der Waals surface area contributed by atoms with Crippen LogP contribution in [0, 0.1) is 5.92 Å². The summed E-state index contributed by atoms with van der Waals surface area (Å²) in [5.41, 5.74) is 1.88. The van der Waals surface area contributed by atoms with Gasteiger partial charge in [-0.15, -0.1) is 11.3 Å². The largest absolute Gasteiger partial charge is 0.372 e. The normalized spacial score (nSPS) is 25.9. The molecule has 0 amide bonds. The number of nitrogens with zero attached hydrogens (tertiary/aromatic N) is 1. The Kier molecular flexibility index (Phi) is 4.11. The molecule has 0 spiro atoms. The second-order valence-corrected chi connectivity index (χ2v) is 4.87. The Labute approximate surface area is 94.9 Å². The highest BCUT2D eigenvalue weighted by atomic mass is 32.1. The average molecular weight is 226 g/mol. The molecular weight excluding hydrogens is 208 g/mol. The van der Waals surface area contributed by atoms with E-state index in [1.54, 1.807) is 11.3 Å². The lowest BCUT2D eigenvalue weighted by Gasteiger charge is -2.17. The van der Waals surface area contributed by atoms with E-state index in [2.05, 4.69) is 17.2 Å². The van der Waals surface area contributed by atoms with Crippen LogP contribution in [0.5, 0.6) is 0 Å². The standard InChI is InChI=1S/C11H18N2OS/c1-2-4-12-6-9-3-5-14-11(9)10-7-13-8-15-10/h7-9,11-12H,2-6H2,1H3. The molecule has 1 aliphatic heterocycles. The summed E-state index contributed by atoms with van der Waals surface area (Å²) in [6, 6.07) is 0. The van der Waals surface area contributed by atoms with Crippen LogP contribution < -0.4 is 5.32 Å². The van der Waals surface area contributed by atoms with E-state index in [0.717, 1.165) is 19.7 Å². The smallest absolute Gasteiger partial charge is 0.0973 e. The number of rotatable bonds is 5. The zero-order valence-corrected chi connectivity index (χ0v) is 9.93. The first-order valence-corrected chi connectivity index (χ1v) is 6.50. The van der Waals surface area contributed by atoms with Crippen LogP contribution >= 0.6 is 11.3 Å². The maximum atomic E-state index is 5.77. The summed E-state index contributed by atoms with van der Waals surface area (Å²) in [6.07, 6.45) is 4.58. The molecule has 15 heavy (non-hydrogen) atoms. The Morgan fingerprint density at radius 3 is 3.33 bits per heavy atom. The van der Waals surface area contributed by atoms with Crippen molar-refractivity contribution in [3.63, 3.8) is 0 Å². The van der Waals surface area contributed by atoms with Gasteiger partial charge in [0.05, 0.1) is 16.5 Å². The molecular formula is C11H18N2OS. The molecule has 1 aromatic heterocycles. The lowest BCUT2D eigenvalue weighted by Crippen LogP contribution is -2.25. The highest BCUT2D eigenvalue weighted by Gasteiger charge is 2.30. The molecule has 2 unspecified atom stereocenters. The zero-order chi connectivity index (χ0) is 10.5. The monoisotopic (exact) mass is 226 g/mol. The number of nitrogens with one attached hydrogen (secondary N) is 1. The van der Waals surface area contributed by atoms with Gasteiger partial charge in [-0.2, -0.15) is 0 Å². The highest BCUT2D eigenvalue weighted by Crippen LogP contribution is 2.35. The fourth-order valence-electron chi connectivity index (χ4n) is 1.99. The molecule has 84 valence electrons. The van der Waals surface area contributed by atoms with E-state index in [4.69, 9.17) is 4.74 Å². The van der Waals surface area contributed by atoms with Crippen molar-refractivity contribution >= 4 is 11.3 Å². The van der Waals surface area contributed by atoms with Gasteiger partial charge in [0, 0.05) is 25.3 Å². The summed E-state index contributed by atoms with van der Waals surface area (Å²) >= 11 is 1.70. The van der Waals surface area contributed by atoms with Crippen molar-refractivity contribution in [3.8, 4) is 0 Å². The van der Waals surface area contributed by atoms with Crippen molar-refractivity contribution in [3.05, 3.63) is 16.6 Å². The van der Waals surface area contributed by atoms with E-state index < -0.39 is 0 Å². The van der Waals surface area contributed by atoms with E-state index in [1.165, 1.54) is 17.7 Å². The van der Waals surface area contributed by atoms with Crippen LogP contribution in [-0.2, 0) is 4.74 Å². The summed E-state index contributed by atoms with van der Waals surface area (Å²) in [4.78, 5) is 5.39. The van der Waals surface area contributed by atoms with Crippen LogP contribution in [0.25, 0.3) is 0 Å². The van der Waals surface area contributed by atoms with Crippen LogP contribution in [0.2, 0.25) is 0 Å². The molecule has 0 saturated carbocycles. The third-order valence-electron chi connectivity index (χ3n) is 2.78. The van der Waals surface area contributed by atoms with Crippen molar-refractivity contribution in [2.24, 2.45) is 5.92 Å². The van der Waals surface area contributed by atoms with Gasteiger partial charge in [-0.25, -0.2) is 0 Å². The summed E-state index contributed by atoms with van der Waals surface area (Å²) in [5.74, 6) is 0.622. The van der Waals surface area contributed by atoms with Gasteiger partial charge in [-0.3, -0.25) is 4.98 Å². The molecule has 1 fully saturated rings. The van der Waals surface area contributed by atoms with E-state index in [9.17, 15) is 0 Å². The van der Waals surface area contributed by atoms with Crippen LogP contribution in [-0.4, -0.2) is 24.7 Å². The maximum absolute atomic E-state index is 5.77. The highest BCUT2D eigenvalue weighted by molar-refractivity contribution is 7.09. The minimum atomic E-state index is 0.279. The van der Waals surface area contributed by atoms with E-state index in [-0.39, 0.29) is 6.10 Å². The van der Waals surface area contributed by atoms with Gasteiger partial charge in [-0.05, 0) is 19.4 Å². The minimum absolute atomic E-state index is 0.279. The van der Waals surface area contributed by atoms with Crippen molar-refractivity contribution in [2.75, 3.05) is 19.7 Å². The predicted molar refractivity (Wildman–Crippen MR) is 62.1 cm³/mol. The first kappa shape index (κ1) is 11.0. The molecule has 2 atom stereocenters. The molecule has 1 N–H and O–H groups in total. The molecule has 0 aliphatic carbocycles. The minimum Gasteiger partial charge on any atom is -0.372 e. The van der Waals surface area contributed by atoms with Gasteiger partial charge in [0.1, 0.15) is 0 Å². The molecule has 0 radical (unpaired) electrons. The molecule has 4 heteroatoms. The Balaban J connectivity index is 1.88. The quantitative estimate of drug-likeness (QED) is 0.782. The third-order valence-corrected chi connectivity index (χ3v) is 3.62. The first-order chi connectivity index (χ1) is 7.42. The molecule has 1 aliphatic rings. The number of ether oxygens (including phenoxy) is 1. The second kappa shape index (κ2) is 5.58. The molecule has 0 aromatic carbocycles. The summed E-state index contributed by atoms with van der Waals surface area (Å²) in [6.45, 7) is 5.25. The molecule has 3 nitrogen and oxygen atoms in total. The molecule has 1 aromatic rings. The van der Waals surface area contributed by atoms with Gasteiger partial charge in [0.15, 0.2) is 0 Å². The van der Waals surface area contributed by atoms with Crippen molar-refractivity contribution in [1.82, 2.24) is 10.3 Å². The van der Waals surface area contributed by atoms with E-state index in [1.807, 2.05) is 11.7 Å². The second-order valence-electron chi connectivity index (χ2n) is 3.95. The number of hydrogen-bond donors (Lipinski definition) is 1. The van der Waals surface area contributed by atoms with Gasteiger partial charge in [-0.1, -0.05) is 6.92 Å². The fraction of sp³-hybridized carbons (Fsp3) is 0.727. The van der Waals surface area contributed by atoms with E-state index >= 15 is 0 Å².